The van der Waals surface area contributed by atoms with Gasteiger partial charge in [0.15, 0.2) is 0 Å². The number of carbonyl (C=O) groups excluding carboxylic acids is 2. The third-order valence-corrected chi connectivity index (χ3v) is 3.84. The largest absolute Gasteiger partial charge is 0.365 e. The lowest BCUT2D eigenvalue weighted by Crippen LogP contribution is -2.47. The van der Waals surface area contributed by atoms with Crippen molar-refractivity contribution in [2.75, 3.05) is 13.1 Å². The summed E-state index contributed by atoms with van der Waals surface area (Å²) in [7, 11) is 0. The highest BCUT2D eigenvalue weighted by Gasteiger charge is 2.35. The van der Waals surface area contributed by atoms with Crippen LogP contribution in [0, 0.1) is 5.92 Å². The fourth-order valence-corrected chi connectivity index (χ4v) is 2.65. The summed E-state index contributed by atoms with van der Waals surface area (Å²) >= 11 is 0. The lowest BCUT2D eigenvalue weighted by atomic mass is 9.93. The first kappa shape index (κ1) is 12.6. The third kappa shape index (κ3) is 2.68. The van der Waals surface area contributed by atoms with E-state index in [0.29, 0.717) is 25.3 Å². The number of ketones is 1. The van der Waals surface area contributed by atoms with Gasteiger partial charge in [-0.25, -0.2) is 0 Å². The molecule has 0 saturated carbocycles. The Labute approximate surface area is 102 Å². The number of ether oxygens (including phenoxy) is 1. The van der Waals surface area contributed by atoms with Gasteiger partial charge in [0.2, 0.25) is 0 Å². The number of Topliss-reactive ketones (excluding diaryl/α,β-unsaturated/α-hetero) is 1. The molecule has 2 rings (SSSR count). The Morgan fingerprint density at radius 2 is 2.24 bits per heavy atom. The van der Waals surface area contributed by atoms with Crippen LogP contribution < -0.4 is 0 Å². The summed E-state index contributed by atoms with van der Waals surface area (Å²) in [6, 6.07) is 0. The van der Waals surface area contributed by atoms with E-state index in [2.05, 4.69) is 0 Å². The second-order valence-electron chi connectivity index (χ2n) is 5.12. The number of carbonyl (C=O) groups is 2. The number of amides is 1. The van der Waals surface area contributed by atoms with Crippen molar-refractivity contribution < 1.29 is 14.3 Å². The van der Waals surface area contributed by atoms with E-state index in [1.807, 2.05) is 18.7 Å². The zero-order valence-electron chi connectivity index (χ0n) is 10.6. The Balaban J connectivity index is 1.94. The van der Waals surface area contributed by atoms with Gasteiger partial charge in [-0.05, 0) is 26.2 Å². The van der Waals surface area contributed by atoms with Crippen LogP contribution in [0.4, 0.5) is 0 Å². The van der Waals surface area contributed by atoms with Crippen molar-refractivity contribution in [1.82, 2.24) is 4.90 Å². The Morgan fingerprint density at radius 3 is 2.82 bits per heavy atom. The maximum Gasteiger partial charge on any atom is 0.251 e. The van der Waals surface area contributed by atoms with E-state index >= 15 is 0 Å². The number of nitrogens with zero attached hydrogens (tertiary/aromatic N) is 1. The molecule has 0 N–H and O–H groups in total. The molecule has 3 atom stereocenters. The second kappa shape index (κ2) is 5.17. The average molecular weight is 239 g/mol. The first-order valence-corrected chi connectivity index (χ1v) is 6.58. The number of rotatable bonds is 2. The predicted molar refractivity (Wildman–Crippen MR) is 63.6 cm³/mol. The second-order valence-corrected chi connectivity index (χ2v) is 5.12. The van der Waals surface area contributed by atoms with Gasteiger partial charge in [-0.2, -0.15) is 0 Å². The first-order chi connectivity index (χ1) is 8.11. The van der Waals surface area contributed by atoms with Gasteiger partial charge in [-0.3, -0.25) is 9.59 Å². The summed E-state index contributed by atoms with van der Waals surface area (Å²) in [5.41, 5.74) is 0. The standard InChI is InChI=1S/C13H21NO3/c1-3-10-8-14(7-6-11(10)15)13(16)12-5-4-9(2)17-12/h9-10,12H,3-8H2,1-2H3. The zero-order valence-corrected chi connectivity index (χ0v) is 10.6. The van der Waals surface area contributed by atoms with Crippen molar-refractivity contribution >= 4 is 11.7 Å². The monoisotopic (exact) mass is 239 g/mol. The van der Waals surface area contributed by atoms with Crippen LogP contribution in [0.2, 0.25) is 0 Å². The van der Waals surface area contributed by atoms with Crippen molar-refractivity contribution in [3.05, 3.63) is 0 Å². The molecule has 0 bridgehead atoms. The summed E-state index contributed by atoms with van der Waals surface area (Å²) in [5.74, 6) is 0.420. The van der Waals surface area contributed by atoms with Gasteiger partial charge in [-0.1, -0.05) is 6.92 Å². The smallest absolute Gasteiger partial charge is 0.251 e. The fraction of sp³-hybridized carbons (Fsp3) is 0.846. The average Bonchev–Trinajstić information content (AvgIpc) is 2.75. The van der Waals surface area contributed by atoms with Crippen molar-refractivity contribution in [3.63, 3.8) is 0 Å². The van der Waals surface area contributed by atoms with Crippen molar-refractivity contribution in [3.8, 4) is 0 Å². The minimum absolute atomic E-state index is 0.0338. The molecule has 1 amide bonds. The topological polar surface area (TPSA) is 46.6 Å². The quantitative estimate of drug-likeness (QED) is 0.731. The molecule has 4 heteroatoms. The molecule has 17 heavy (non-hydrogen) atoms. The number of hydrogen-bond donors (Lipinski definition) is 0. The first-order valence-electron chi connectivity index (χ1n) is 6.58. The normalized spacial score (nSPS) is 34.1. The van der Waals surface area contributed by atoms with Crippen LogP contribution in [0.3, 0.4) is 0 Å². The molecule has 0 aromatic carbocycles. The van der Waals surface area contributed by atoms with Gasteiger partial charge in [-0.15, -0.1) is 0 Å². The lowest BCUT2D eigenvalue weighted by Gasteiger charge is -2.32. The molecule has 0 aromatic rings. The number of piperidine rings is 1. The van der Waals surface area contributed by atoms with Crippen molar-refractivity contribution in [2.45, 2.75) is 51.7 Å². The molecule has 2 saturated heterocycles. The summed E-state index contributed by atoms with van der Waals surface area (Å²) in [5, 5.41) is 0. The van der Waals surface area contributed by atoms with E-state index in [0.717, 1.165) is 19.3 Å². The lowest BCUT2D eigenvalue weighted by molar-refractivity contribution is -0.146. The van der Waals surface area contributed by atoms with Gasteiger partial charge < -0.3 is 9.64 Å². The van der Waals surface area contributed by atoms with Gasteiger partial charge in [0, 0.05) is 25.4 Å². The Morgan fingerprint density at radius 1 is 1.47 bits per heavy atom. The van der Waals surface area contributed by atoms with E-state index in [9.17, 15) is 9.59 Å². The maximum absolute atomic E-state index is 12.2. The highest BCUT2D eigenvalue weighted by Crippen LogP contribution is 2.23. The third-order valence-electron chi connectivity index (χ3n) is 3.84. The number of hydrogen-bond acceptors (Lipinski definition) is 3. The molecule has 96 valence electrons. The van der Waals surface area contributed by atoms with Gasteiger partial charge in [0.25, 0.3) is 5.91 Å². The summed E-state index contributed by atoms with van der Waals surface area (Å²) in [6.45, 7) is 5.16. The minimum Gasteiger partial charge on any atom is -0.365 e. The Hall–Kier alpha value is -0.900. The van der Waals surface area contributed by atoms with E-state index in [-0.39, 0.29) is 24.0 Å². The van der Waals surface area contributed by atoms with E-state index in [1.54, 1.807) is 0 Å². The summed E-state index contributed by atoms with van der Waals surface area (Å²) in [6.07, 6.45) is 3.03. The van der Waals surface area contributed by atoms with E-state index in [4.69, 9.17) is 4.74 Å². The zero-order chi connectivity index (χ0) is 12.4. The highest BCUT2D eigenvalue weighted by atomic mass is 16.5. The number of likely N-dealkylation sites (tertiary alicyclic amines) is 1. The fourth-order valence-electron chi connectivity index (χ4n) is 2.65. The molecule has 3 unspecified atom stereocenters. The van der Waals surface area contributed by atoms with Crippen LogP contribution >= 0.6 is 0 Å². The Bertz CT molecular complexity index is 316. The molecule has 2 heterocycles. The van der Waals surface area contributed by atoms with Gasteiger partial charge in [0.1, 0.15) is 11.9 Å². The van der Waals surface area contributed by atoms with E-state index in [1.165, 1.54) is 0 Å². The van der Waals surface area contributed by atoms with Crippen molar-refractivity contribution in [1.29, 1.82) is 0 Å². The SMILES string of the molecule is CCC1CN(C(=O)C2CCC(C)O2)CCC1=O. The summed E-state index contributed by atoms with van der Waals surface area (Å²) in [4.78, 5) is 25.6. The van der Waals surface area contributed by atoms with E-state index < -0.39 is 0 Å². The molecule has 2 fully saturated rings. The van der Waals surface area contributed by atoms with Crippen LogP contribution in [0.25, 0.3) is 0 Å². The molecular formula is C13H21NO3. The molecule has 4 nitrogen and oxygen atoms in total. The predicted octanol–water partition coefficient (Wildman–Crippen LogP) is 1.38. The van der Waals surface area contributed by atoms with Crippen molar-refractivity contribution in [2.24, 2.45) is 5.92 Å². The maximum atomic E-state index is 12.2. The van der Waals surface area contributed by atoms with Crippen LogP contribution in [0.5, 0.6) is 0 Å². The molecule has 2 aliphatic heterocycles. The molecule has 0 aliphatic carbocycles. The van der Waals surface area contributed by atoms with Crippen LogP contribution in [0.1, 0.15) is 39.5 Å². The van der Waals surface area contributed by atoms with Gasteiger partial charge >= 0.3 is 0 Å². The summed E-state index contributed by atoms with van der Waals surface area (Å²) < 4.78 is 5.60. The minimum atomic E-state index is -0.268. The Kier molecular flexibility index (Phi) is 3.82. The highest BCUT2D eigenvalue weighted by molar-refractivity contribution is 5.86. The van der Waals surface area contributed by atoms with Crippen LogP contribution in [-0.2, 0) is 14.3 Å². The molecule has 2 aliphatic rings. The molecular weight excluding hydrogens is 218 g/mol. The van der Waals surface area contributed by atoms with Crippen LogP contribution in [-0.4, -0.2) is 41.9 Å². The van der Waals surface area contributed by atoms with Gasteiger partial charge in [0.05, 0.1) is 6.10 Å². The molecule has 0 spiro atoms. The molecule has 0 radical (unpaired) electrons. The molecule has 0 aromatic heterocycles. The van der Waals surface area contributed by atoms with Crippen LogP contribution in [0.15, 0.2) is 0 Å².